The van der Waals surface area contributed by atoms with E-state index in [0.29, 0.717) is 18.1 Å². The van der Waals surface area contributed by atoms with Gasteiger partial charge in [0, 0.05) is 34.6 Å². The van der Waals surface area contributed by atoms with Gasteiger partial charge in [-0.05, 0) is 63.1 Å². The number of fused-ring (bicyclic) bond motifs is 3. The maximum atomic E-state index is 9.48. The molecule has 2 heterocycles. The first kappa shape index (κ1) is 18.0. The van der Waals surface area contributed by atoms with Gasteiger partial charge in [0.15, 0.2) is 0 Å². The van der Waals surface area contributed by atoms with E-state index in [-0.39, 0.29) is 0 Å². The topological polar surface area (TPSA) is 39.1 Å². The van der Waals surface area contributed by atoms with E-state index >= 15 is 0 Å². The third-order valence-corrected chi connectivity index (χ3v) is 7.45. The first-order valence-electron chi connectivity index (χ1n) is 11.3. The van der Waals surface area contributed by atoms with Crippen molar-refractivity contribution in [2.45, 2.75) is 75.9 Å². The lowest BCUT2D eigenvalue weighted by molar-refractivity contribution is 0.295. The van der Waals surface area contributed by atoms with E-state index in [9.17, 15) is 5.26 Å². The molecule has 5 rings (SSSR count). The lowest BCUT2D eigenvalue weighted by Gasteiger charge is -2.42. The minimum absolute atomic E-state index is 0.638. The van der Waals surface area contributed by atoms with E-state index in [0.717, 1.165) is 16.9 Å². The molecule has 3 aliphatic rings. The number of rotatable bonds is 4. The van der Waals surface area contributed by atoms with Crippen LogP contribution in [0, 0.1) is 17.2 Å². The highest BCUT2D eigenvalue weighted by Crippen LogP contribution is 2.42. The first-order valence-corrected chi connectivity index (χ1v) is 11.3. The Hall–Kier alpha value is -2.05. The van der Waals surface area contributed by atoms with Gasteiger partial charge in [-0.3, -0.25) is 0 Å². The molecule has 2 aromatic carbocycles. The van der Waals surface area contributed by atoms with Crippen molar-refractivity contribution < 1.29 is 0 Å². The maximum Gasteiger partial charge on any atom is 0.0998 e. The van der Waals surface area contributed by atoms with Crippen molar-refractivity contribution in [3.8, 4) is 6.07 Å². The summed E-state index contributed by atoms with van der Waals surface area (Å²) in [6.07, 6.45) is 12.3. The summed E-state index contributed by atoms with van der Waals surface area (Å²) in [4.78, 5) is 2.70. The van der Waals surface area contributed by atoms with Crippen LogP contribution in [0.3, 0.4) is 0 Å². The fraction of sp³-hybridized carbons (Fsp3) is 0.560. The van der Waals surface area contributed by atoms with Gasteiger partial charge in [-0.2, -0.15) is 5.26 Å². The molecule has 28 heavy (non-hydrogen) atoms. The molecule has 2 unspecified atom stereocenters. The van der Waals surface area contributed by atoms with Crippen LogP contribution in [0.15, 0.2) is 36.4 Å². The van der Waals surface area contributed by atoms with E-state index in [1.165, 1.54) is 75.4 Å². The number of piperidine rings is 1. The van der Waals surface area contributed by atoms with Gasteiger partial charge in [0.05, 0.1) is 11.6 Å². The first-order chi connectivity index (χ1) is 13.8. The Kier molecular flexibility index (Phi) is 4.99. The summed E-state index contributed by atoms with van der Waals surface area (Å²) in [6.45, 7) is 1.23. The smallest absolute Gasteiger partial charge is 0.0998 e. The summed E-state index contributed by atoms with van der Waals surface area (Å²) in [5.41, 5.74) is 2.13. The summed E-state index contributed by atoms with van der Waals surface area (Å²) in [7, 11) is 0. The molecule has 1 saturated carbocycles. The fourth-order valence-electron chi connectivity index (χ4n) is 6.07. The van der Waals surface area contributed by atoms with Crippen LogP contribution in [-0.2, 0) is 0 Å². The second-order valence-electron chi connectivity index (χ2n) is 9.16. The van der Waals surface area contributed by atoms with Crippen LogP contribution >= 0.6 is 0 Å². The van der Waals surface area contributed by atoms with E-state index in [1.54, 1.807) is 0 Å². The molecule has 0 spiro atoms. The van der Waals surface area contributed by atoms with Gasteiger partial charge in [0.2, 0.25) is 0 Å². The van der Waals surface area contributed by atoms with E-state index in [2.05, 4.69) is 40.6 Å². The molecule has 2 aliphatic heterocycles. The zero-order valence-corrected chi connectivity index (χ0v) is 16.7. The van der Waals surface area contributed by atoms with Crippen molar-refractivity contribution in [3.05, 3.63) is 42.0 Å². The lowest BCUT2D eigenvalue weighted by Crippen LogP contribution is -2.50. The molecule has 3 fully saturated rings. The number of nitrogens with zero attached hydrogens (tertiary/aromatic N) is 2. The van der Waals surface area contributed by atoms with Crippen LogP contribution in [0.25, 0.3) is 10.8 Å². The Morgan fingerprint density at radius 3 is 2.32 bits per heavy atom. The predicted octanol–water partition coefficient (Wildman–Crippen LogP) is 5.38. The maximum absolute atomic E-state index is 9.48. The Morgan fingerprint density at radius 2 is 1.61 bits per heavy atom. The number of nitriles is 1. The molecule has 1 aliphatic carbocycles. The van der Waals surface area contributed by atoms with Crippen LogP contribution in [0.2, 0.25) is 0 Å². The normalized spacial score (nSPS) is 27.8. The number of anilines is 1. The Bertz CT molecular complexity index is 863. The molecule has 146 valence electrons. The van der Waals surface area contributed by atoms with Gasteiger partial charge >= 0.3 is 0 Å². The standard InChI is InChI=1S/C25H31N3/c26-16-19-10-13-25(24-9-5-4-8-23(19)24)28-21-11-12-22(28)15-20(14-21)27-17-18-6-2-1-3-7-18/h4-5,8-10,13,18,20-22,27H,1-3,6-7,11-12,14-15,17H2. The number of hydrogen-bond acceptors (Lipinski definition) is 3. The largest absolute Gasteiger partial charge is 0.365 e. The third-order valence-electron chi connectivity index (χ3n) is 7.45. The SMILES string of the molecule is N#Cc1ccc(N2C3CCC2CC(NCC2CCCCC2)C3)c2ccccc12. The minimum Gasteiger partial charge on any atom is -0.365 e. The summed E-state index contributed by atoms with van der Waals surface area (Å²) in [6, 6.07) is 17.0. The van der Waals surface area contributed by atoms with Gasteiger partial charge in [0.25, 0.3) is 0 Å². The van der Waals surface area contributed by atoms with Crippen LogP contribution < -0.4 is 10.2 Å². The molecule has 0 aromatic heterocycles. The number of nitrogens with one attached hydrogen (secondary N) is 1. The highest BCUT2D eigenvalue weighted by molar-refractivity contribution is 5.98. The molecular formula is C25H31N3. The van der Waals surface area contributed by atoms with Crippen molar-refractivity contribution in [2.75, 3.05) is 11.4 Å². The van der Waals surface area contributed by atoms with Gasteiger partial charge in [-0.1, -0.05) is 43.5 Å². The molecule has 2 aromatic rings. The number of benzene rings is 2. The zero-order valence-electron chi connectivity index (χ0n) is 16.7. The Morgan fingerprint density at radius 1 is 0.893 bits per heavy atom. The second kappa shape index (κ2) is 7.76. The van der Waals surface area contributed by atoms with Crippen LogP contribution in [0.1, 0.15) is 63.4 Å². The molecular weight excluding hydrogens is 342 g/mol. The summed E-state index contributed by atoms with van der Waals surface area (Å²) < 4.78 is 0. The molecule has 3 heteroatoms. The van der Waals surface area contributed by atoms with Crippen LogP contribution in [0.4, 0.5) is 5.69 Å². The zero-order chi connectivity index (χ0) is 18.9. The summed E-state index contributed by atoms with van der Waals surface area (Å²) >= 11 is 0. The van der Waals surface area contributed by atoms with Crippen molar-refractivity contribution in [3.63, 3.8) is 0 Å². The quantitative estimate of drug-likeness (QED) is 0.782. The minimum atomic E-state index is 0.638. The van der Waals surface area contributed by atoms with Crippen molar-refractivity contribution >= 4 is 16.5 Å². The molecule has 2 saturated heterocycles. The average Bonchev–Trinajstić information content (AvgIpc) is 3.01. The van der Waals surface area contributed by atoms with Gasteiger partial charge < -0.3 is 10.2 Å². The molecule has 0 amide bonds. The summed E-state index contributed by atoms with van der Waals surface area (Å²) in [5, 5.41) is 15.8. The molecule has 0 radical (unpaired) electrons. The monoisotopic (exact) mass is 373 g/mol. The molecule has 3 nitrogen and oxygen atoms in total. The highest BCUT2D eigenvalue weighted by atomic mass is 15.2. The highest BCUT2D eigenvalue weighted by Gasteiger charge is 2.41. The van der Waals surface area contributed by atoms with Gasteiger partial charge in [0.1, 0.15) is 0 Å². The van der Waals surface area contributed by atoms with Gasteiger partial charge in [-0.25, -0.2) is 0 Å². The van der Waals surface area contributed by atoms with Crippen molar-refractivity contribution in [1.82, 2.24) is 5.32 Å². The predicted molar refractivity (Wildman–Crippen MR) is 116 cm³/mol. The lowest BCUT2D eigenvalue weighted by atomic mass is 9.88. The van der Waals surface area contributed by atoms with Crippen molar-refractivity contribution in [1.29, 1.82) is 5.26 Å². The van der Waals surface area contributed by atoms with Gasteiger partial charge in [-0.15, -0.1) is 0 Å². The molecule has 2 bridgehead atoms. The van der Waals surface area contributed by atoms with E-state index < -0.39 is 0 Å². The number of hydrogen-bond donors (Lipinski definition) is 1. The molecule has 2 atom stereocenters. The third kappa shape index (κ3) is 3.29. The second-order valence-corrected chi connectivity index (χ2v) is 9.16. The molecule has 1 N–H and O–H groups in total. The summed E-state index contributed by atoms with van der Waals surface area (Å²) in [5.74, 6) is 0.909. The van der Waals surface area contributed by atoms with Crippen LogP contribution in [-0.4, -0.2) is 24.7 Å². The van der Waals surface area contributed by atoms with Crippen LogP contribution in [0.5, 0.6) is 0 Å². The Balaban J connectivity index is 1.33. The Labute approximate surface area is 168 Å². The van der Waals surface area contributed by atoms with E-state index in [1.807, 2.05) is 12.1 Å². The average molecular weight is 374 g/mol. The van der Waals surface area contributed by atoms with E-state index in [4.69, 9.17) is 0 Å². The fourth-order valence-corrected chi connectivity index (χ4v) is 6.07. The van der Waals surface area contributed by atoms with Crippen molar-refractivity contribution in [2.24, 2.45) is 5.92 Å².